The lowest BCUT2D eigenvalue weighted by molar-refractivity contribution is -0.00289. The largest absolute Gasteiger partial charge is 0.379 e. The molecule has 0 amide bonds. The summed E-state index contributed by atoms with van der Waals surface area (Å²) in [6, 6.07) is 0.552. The van der Waals surface area contributed by atoms with Crippen LogP contribution < -0.4 is 5.32 Å². The molecule has 0 aliphatic carbocycles. The molecular formula is C14H28N2O2. The molecule has 0 aromatic heterocycles. The zero-order valence-electron chi connectivity index (χ0n) is 11.7. The van der Waals surface area contributed by atoms with Crippen LogP contribution in [0.15, 0.2) is 0 Å². The number of morpholine rings is 1. The number of piperidine rings is 1. The molecule has 2 fully saturated rings. The number of rotatable bonds is 6. The van der Waals surface area contributed by atoms with Gasteiger partial charge >= 0.3 is 0 Å². The van der Waals surface area contributed by atoms with Crippen molar-refractivity contribution in [2.75, 3.05) is 46.0 Å². The summed E-state index contributed by atoms with van der Waals surface area (Å²) in [6.45, 7) is 9.37. The second kappa shape index (κ2) is 8.10. The van der Waals surface area contributed by atoms with Gasteiger partial charge in [-0.3, -0.25) is 0 Å². The Morgan fingerprint density at radius 2 is 2.39 bits per heavy atom. The van der Waals surface area contributed by atoms with Crippen molar-refractivity contribution in [2.45, 2.75) is 44.8 Å². The summed E-state index contributed by atoms with van der Waals surface area (Å²) >= 11 is 0. The number of likely N-dealkylation sites (tertiary alicyclic amines) is 1. The lowest BCUT2D eigenvalue weighted by atomic mass is 10.1. The fourth-order valence-corrected chi connectivity index (χ4v) is 2.78. The summed E-state index contributed by atoms with van der Waals surface area (Å²) in [5.41, 5.74) is 0. The highest BCUT2D eigenvalue weighted by atomic mass is 16.5. The van der Waals surface area contributed by atoms with E-state index in [0.29, 0.717) is 12.1 Å². The maximum Gasteiger partial charge on any atom is 0.0702 e. The highest BCUT2D eigenvalue weighted by Gasteiger charge is 2.21. The number of hydrogen-bond donors (Lipinski definition) is 1. The first-order valence-electron chi connectivity index (χ1n) is 7.53. The Morgan fingerprint density at radius 3 is 3.17 bits per heavy atom. The van der Waals surface area contributed by atoms with Crippen LogP contribution in [0.4, 0.5) is 0 Å². The molecule has 18 heavy (non-hydrogen) atoms. The number of nitrogens with zero attached hydrogens (tertiary/aromatic N) is 1. The molecule has 2 heterocycles. The molecule has 0 aromatic carbocycles. The number of hydrogen-bond acceptors (Lipinski definition) is 4. The van der Waals surface area contributed by atoms with Crippen molar-refractivity contribution < 1.29 is 9.47 Å². The molecule has 0 radical (unpaired) electrons. The topological polar surface area (TPSA) is 33.7 Å². The zero-order valence-corrected chi connectivity index (χ0v) is 11.7. The van der Waals surface area contributed by atoms with Crippen LogP contribution in [0.3, 0.4) is 0 Å². The van der Waals surface area contributed by atoms with E-state index in [9.17, 15) is 0 Å². The quantitative estimate of drug-likeness (QED) is 0.775. The second-order valence-electron chi connectivity index (χ2n) is 5.45. The van der Waals surface area contributed by atoms with E-state index in [4.69, 9.17) is 9.47 Å². The van der Waals surface area contributed by atoms with E-state index >= 15 is 0 Å². The van der Waals surface area contributed by atoms with Gasteiger partial charge in [-0.15, -0.1) is 0 Å². The van der Waals surface area contributed by atoms with Crippen LogP contribution in [0.25, 0.3) is 0 Å². The highest BCUT2D eigenvalue weighted by Crippen LogP contribution is 2.14. The Labute approximate surface area is 111 Å². The SMILES string of the molecule is CCCOC1CCCN(CCC2COCCN2)C1. The van der Waals surface area contributed by atoms with Crippen LogP contribution in [0.1, 0.15) is 32.6 Å². The van der Waals surface area contributed by atoms with E-state index in [1.165, 1.54) is 32.4 Å². The van der Waals surface area contributed by atoms with Crippen LogP contribution in [0, 0.1) is 0 Å². The molecule has 1 N–H and O–H groups in total. The third-order valence-corrected chi connectivity index (χ3v) is 3.81. The maximum absolute atomic E-state index is 5.87. The first kappa shape index (κ1) is 14.3. The highest BCUT2D eigenvalue weighted by molar-refractivity contribution is 4.77. The first-order chi connectivity index (χ1) is 8.88. The van der Waals surface area contributed by atoms with Crippen molar-refractivity contribution in [1.29, 1.82) is 0 Å². The molecule has 4 nitrogen and oxygen atoms in total. The summed E-state index contributed by atoms with van der Waals surface area (Å²) in [6.07, 6.45) is 5.30. The monoisotopic (exact) mass is 256 g/mol. The van der Waals surface area contributed by atoms with Crippen LogP contribution in [0.2, 0.25) is 0 Å². The van der Waals surface area contributed by atoms with Crippen LogP contribution in [-0.4, -0.2) is 63.0 Å². The van der Waals surface area contributed by atoms with Gasteiger partial charge in [-0.25, -0.2) is 0 Å². The molecular weight excluding hydrogens is 228 g/mol. The Kier molecular flexibility index (Phi) is 6.41. The average molecular weight is 256 g/mol. The predicted octanol–water partition coefficient (Wildman–Crippen LogP) is 1.26. The number of nitrogens with one attached hydrogen (secondary N) is 1. The number of ether oxygens (including phenoxy) is 2. The summed E-state index contributed by atoms with van der Waals surface area (Å²) in [7, 11) is 0. The van der Waals surface area contributed by atoms with Crippen molar-refractivity contribution in [3.63, 3.8) is 0 Å². The van der Waals surface area contributed by atoms with Gasteiger partial charge in [-0.1, -0.05) is 6.92 Å². The summed E-state index contributed by atoms with van der Waals surface area (Å²) in [5.74, 6) is 0. The average Bonchev–Trinajstić information content (AvgIpc) is 2.44. The summed E-state index contributed by atoms with van der Waals surface area (Å²) < 4.78 is 11.4. The van der Waals surface area contributed by atoms with Crippen LogP contribution in [0.5, 0.6) is 0 Å². The molecule has 2 aliphatic heterocycles. The van der Waals surface area contributed by atoms with Gasteiger partial charge in [0.2, 0.25) is 0 Å². The molecule has 2 aliphatic rings. The third kappa shape index (κ3) is 4.84. The van der Waals surface area contributed by atoms with Gasteiger partial charge in [0.05, 0.1) is 19.3 Å². The minimum atomic E-state index is 0.467. The maximum atomic E-state index is 5.87. The standard InChI is InChI=1S/C14H28N2O2/c1-2-9-18-14-4-3-7-16(11-14)8-5-13-12-17-10-6-15-13/h13-15H,2-12H2,1H3. The summed E-state index contributed by atoms with van der Waals surface area (Å²) in [4.78, 5) is 2.56. The van der Waals surface area contributed by atoms with Gasteiger partial charge in [-0.2, -0.15) is 0 Å². The molecule has 0 saturated carbocycles. The third-order valence-electron chi connectivity index (χ3n) is 3.81. The Bertz CT molecular complexity index is 220. The van der Waals surface area contributed by atoms with E-state index in [-0.39, 0.29) is 0 Å². The van der Waals surface area contributed by atoms with E-state index in [2.05, 4.69) is 17.1 Å². The molecule has 2 unspecified atom stereocenters. The normalized spacial score (nSPS) is 30.5. The van der Waals surface area contributed by atoms with Gasteiger partial charge in [0.15, 0.2) is 0 Å². The predicted molar refractivity (Wildman–Crippen MR) is 72.9 cm³/mol. The lowest BCUT2D eigenvalue weighted by Gasteiger charge is -2.34. The molecule has 0 spiro atoms. The van der Waals surface area contributed by atoms with Crippen LogP contribution in [-0.2, 0) is 9.47 Å². The van der Waals surface area contributed by atoms with Crippen molar-refractivity contribution in [3.05, 3.63) is 0 Å². The minimum Gasteiger partial charge on any atom is -0.379 e. The molecule has 2 rings (SSSR count). The van der Waals surface area contributed by atoms with Gasteiger partial charge in [0, 0.05) is 25.7 Å². The molecule has 2 saturated heterocycles. The minimum absolute atomic E-state index is 0.467. The van der Waals surface area contributed by atoms with Crippen LogP contribution >= 0.6 is 0 Å². The van der Waals surface area contributed by atoms with Crippen molar-refractivity contribution in [2.24, 2.45) is 0 Å². The van der Waals surface area contributed by atoms with Crippen molar-refractivity contribution >= 4 is 0 Å². The molecule has 106 valence electrons. The fraction of sp³-hybridized carbons (Fsp3) is 1.00. The van der Waals surface area contributed by atoms with E-state index in [1.54, 1.807) is 0 Å². The van der Waals surface area contributed by atoms with Crippen molar-refractivity contribution in [3.8, 4) is 0 Å². The Morgan fingerprint density at radius 1 is 1.44 bits per heavy atom. The first-order valence-corrected chi connectivity index (χ1v) is 7.53. The Hall–Kier alpha value is -0.160. The van der Waals surface area contributed by atoms with Gasteiger partial charge in [-0.05, 0) is 38.8 Å². The lowest BCUT2D eigenvalue weighted by Crippen LogP contribution is -2.45. The van der Waals surface area contributed by atoms with Gasteiger partial charge in [0.1, 0.15) is 0 Å². The van der Waals surface area contributed by atoms with Gasteiger partial charge < -0.3 is 19.7 Å². The molecule has 0 aromatic rings. The molecule has 0 bridgehead atoms. The van der Waals surface area contributed by atoms with E-state index in [1.807, 2.05) is 0 Å². The summed E-state index contributed by atoms with van der Waals surface area (Å²) in [5, 5.41) is 3.52. The molecule has 4 heteroatoms. The van der Waals surface area contributed by atoms with Crippen molar-refractivity contribution in [1.82, 2.24) is 10.2 Å². The van der Waals surface area contributed by atoms with Gasteiger partial charge in [0.25, 0.3) is 0 Å². The smallest absolute Gasteiger partial charge is 0.0702 e. The Balaban J connectivity index is 1.62. The fourth-order valence-electron chi connectivity index (χ4n) is 2.78. The zero-order chi connectivity index (χ0) is 12.6. The van der Waals surface area contributed by atoms with E-state index in [0.717, 1.165) is 39.3 Å². The van der Waals surface area contributed by atoms with E-state index < -0.39 is 0 Å². The molecule has 2 atom stereocenters. The second-order valence-corrected chi connectivity index (χ2v) is 5.45.